The number of carboxylic acids is 1. The lowest BCUT2D eigenvalue weighted by atomic mass is 9.98. The molecule has 2 aliphatic carbocycles. The van der Waals surface area contributed by atoms with E-state index in [1.54, 1.807) is 0 Å². The molecule has 2 fully saturated rings. The fourth-order valence-electron chi connectivity index (χ4n) is 3.15. The van der Waals surface area contributed by atoms with Crippen LogP contribution >= 0.6 is 0 Å². The summed E-state index contributed by atoms with van der Waals surface area (Å²) in [6.45, 7) is 2.13. The molecule has 2 saturated carbocycles. The van der Waals surface area contributed by atoms with Crippen LogP contribution in [0.15, 0.2) is 0 Å². The molecule has 0 aromatic rings. The minimum absolute atomic E-state index is 0.192. The summed E-state index contributed by atoms with van der Waals surface area (Å²) >= 11 is 0. The standard InChI is InChI=1S/C13H22N2O3/c1-9-5-4-6-10(9)14-12(18)15-13(11(16)17)7-2-3-8-13/h9-10H,2-8H2,1H3,(H,16,17)(H2,14,15,18). The maximum Gasteiger partial charge on any atom is 0.329 e. The highest BCUT2D eigenvalue weighted by Gasteiger charge is 2.43. The summed E-state index contributed by atoms with van der Waals surface area (Å²) in [5.41, 5.74) is -1.04. The molecule has 2 aliphatic rings. The van der Waals surface area contributed by atoms with E-state index in [9.17, 15) is 14.7 Å². The van der Waals surface area contributed by atoms with Gasteiger partial charge < -0.3 is 15.7 Å². The molecular formula is C13H22N2O3. The van der Waals surface area contributed by atoms with Crippen LogP contribution in [-0.2, 0) is 4.79 Å². The summed E-state index contributed by atoms with van der Waals surface area (Å²) in [5, 5.41) is 14.9. The summed E-state index contributed by atoms with van der Waals surface area (Å²) in [6, 6.07) is -0.129. The van der Waals surface area contributed by atoms with E-state index in [2.05, 4.69) is 17.6 Å². The van der Waals surface area contributed by atoms with Crippen LogP contribution in [0.4, 0.5) is 4.79 Å². The number of rotatable bonds is 3. The molecule has 0 bridgehead atoms. The van der Waals surface area contributed by atoms with Crippen molar-refractivity contribution in [1.82, 2.24) is 10.6 Å². The van der Waals surface area contributed by atoms with Crippen LogP contribution < -0.4 is 10.6 Å². The van der Waals surface area contributed by atoms with E-state index in [0.717, 1.165) is 32.1 Å². The highest BCUT2D eigenvalue weighted by molar-refractivity contribution is 5.86. The molecule has 2 unspecified atom stereocenters. The predicted molar refractivity (Wildman–Crippen MR) is 67.3 cm³/mol. The molecule has 2 amide bonds. The van der Waals surface area contributed by atoms with Gasteiger partial charge in [0.2, 0.25) is 0 Å². The molecule has 2 atom stereocenters. The highest BCUT2D eigenvalue weighted by Crippen LogP contribution is 2.30. The van der Waals surface area contributed by atoms with E-state index < -0.39 is 11.5 Å². The predicted octanol–water partition coefficient (Wildman–Crippen LogP) is 1.87. The van der Waals surface area contributed by atoms with E-state index in [1.165, 1.54) is 0 Å². The van der Waals surface area contributed by atoms with E-state index in [-0.39, 0.29) is 12.1 Å². The van der Waals surface area contributed by atoms with Crippen molar-refractivity contribution in [3.8, 4) is 0 Å². The topological polar surface area (TPSA) is 78.4 Å². The number of carbonyl (C=O) groups is 2. The third kappa shape index (κ3) is 2.60. The molecule has 0 spiro atoms. The summed E-state index contributed by atoms with van der Waals surface area (Å²) in [7, 11) is 0. The lowest BCUT2D eigenvalue weighted by Crippen LogP contribution is -2.57. The van der Waals surface area contributed by atoms with Crippen molar-refractivity contribution < 1.29 is 14.7 Å². The first kappa shape index (κ1) is 13.2. The van der Waals surface area contributed by atoms with Gasteiger partial charge in [0, 0.05) is 6.04 Å². The van der Waals surface area contributed by atoms with E-state index in [4.69, 9.17) is 0 Å². The van der Waals surface area contributed by atoms with Crippen molar-refractivity contribution >= 4 is 12.0 Å². The second-order valence-electron chi connectivity index (χ2n) is 5.71. The van der Waals surface area contributed by atoms with E-state index >= 15 is 0 Å². The molecule has 0 radical (unpaired) electrons. The van der Waals surface area contributed by atoms with Gasteiger partial charge in [-0.2, -0.15) is 0 Å². The molecule has 3 N–H and O–H groups in total. The van der Waals surface area contributed by atoms with Crippen LogP contribution in [-0.4, -0.2) is 28.7 Å². The van der Waals surface area contributed by atoms with Crippen molar-refractivity contribution in [2.24, 2.45) is 5.92 Å². The monoisotopic (exact) mass is 254 g/mol. The van der Waals surface area contributed by atoms with Crippen LogP contribution in [0, 0.1) is 5.92 Å². The van der Waals surface area contributed by atoms with Crippen molar-refractivity contribution in [3.63, 3.8) is 0 Å². The molecule has 2 rings (SSSR count). The Balaban J connectivity index is 1.91. The SMILES string of the molecule is CC1CCCC1NC(=O)NC1(C(=O)O)CCCC1. The van der Waals surface area contributed by atoms with Gasteiger partial charge in [0.25, 0.3) is 0 Å². The van der Waals surface area contributed by atoms with Gasteiger partial charge in [-0.1, -0.05) is 26.2 Å². The largest absolute Gasteiger partial charge is 0.480 e. The third-order valence-electron chi connectivity index (χ3n) is 4.40. The summed E-state index contributed by atoms with van der Waals surface area (Å²) in [5.74, 6) is -0.422. The summed E-state index contributed by atoms with van der Waals surface area (Å²) < 4.78 is 0. The van der Waals surface area contributed by atoms with Gasteiger partial charge in [0.1, 0.15) is 5.54 Å². The number of urea groups is 1. The minimum atomic E-state index is -1.04. The van der Waals surface area contributed by atoms with Gasteiger partial charge in [-0.25, -0.2) is 9.59 Å². The Labute approximate surface area is 107 Å². The molecule has 5 heteroatoms. The van der Waals surface area contributed by atoms with Crippen molar-refractivity contribution in [1.29, 1.82) is 0 Å². The molecule has 0 aromatic carbocycles. The third-order valence-corrected chi connectivity index (χ3v) is 4.40. The molecule has 0 aromatic heterocycles. The van der Waals surface area contributed by atoms with Crippen LogP contribution in [0.25, 0.3) is 0 Å². The van der Waals surface area contributed by atoms with E-state index in [0.29, 0.717) is 18.8 Å². The van der Waals surface area contributed by atoms with Gasteiger partial charge in [-0.3, -0.25) is 0 Å². The number of aliphatic carboxylic acids is 1. The Morgan fingerprint density at radius 3 is 2.33 bits per heavy atom. The molecular weight excluding hydrogens is 232 g/mol. The lowest BCUT2D eigenvalue weighted by molar-refractivity contribution is -0.144. The Kier molecular flexibility index (Phi) is 3.78. The number of amides is 2. The van der Waals surface area contributed by atoms with E-state index in [1.807, 2.05) is 0 Å². The Morgan fingerprint density at radius 1 is 1.17 bits per heavy atom. The zero-order valence-electron chi connectivity index (χ0n) is 10.9. The fraction of sp³-hybridized carbons (Fsp3) is 0.846. The Morgan fingerprint density at radius 2 is 1.83 bits per heavy atom. The van der Waals surface area contributed by atoms with Gasteiger partial charge in [-0.05, 0) is 31.6 Å². The average Bonchev–Trinajstić information content (AvgIpc) is 2.90. The zero-order valence-corrected chi connectivity index (χ0v) is 10.9. The van der Waals surface area contributed by atoms with Gasteiger partial charge >= 0.3 is 12.0 Å². The summed E-state index contributed by atoms with van der Waals surface area (Å²) in [6.07, 6.45) is 6.07. The van der Waals surface area contributed by atoms with Crippen LogP contribution in [0.3, 0.4) is 0 Å². The number of hydrogen-bond acceptors (Lipinski definition) is 2. The zero-order chi connectivity index (χ0) is 13.2. The number of hydrogen-bond donors (Lipinski definition) is 3. The Bertz CT molecular complexity index is 337. The first-order chi connectivity index (χ1) is 8.53. The van der Waals surface area contributed by atoms with Gasteiger partial charge in [0.15, 0.2) is 0 Å². The van der Waals surface area contributed by atoms with Crippen LogP contribution in [0.2, 0.25) is 0 Å². The molecule has 18 heavy (non-hydrogen) atoms. The number of carbonyl (C=O) groups excluding carboxylic acids is 1. The number of nitrogens with one attached hydrogen (secondary N) is 2. The molecule has 0 aliphatic heterocycles. The fourth-order valence-corrected chi connectivity index (χ4v) is 3.15. The first-order valence-electron chi connectivity index (χ1n) is 6.85. The average molecular weight is 254 g/mol. The molecule has 5 nitrogen and oxygen atoms in total. The lowest BCUT2D eigenvalue weighted by Gasteiger charge is -2.27. The van der Waals surface area contributed by atoms with Crippen molar-refractivity contribution in [2.75, 3.05) is 0 Å². The first-order valence-corrected chi connectivity index (χ1v) is 6.85. The quantitative estimate of drug-likeness (QED) is 0.719. The normalized spacial score (nSPS) is 30.1. The second-order valence-corrected chi connectivity index (χ2v) is 5.71. The maximum absolute atomic E-state index is 11.9. The molecule has 0 heterocycles. The summed E-state index contributed by atoms with van der Waals surface area (Å²) in [4.78, 5) is 23.2. The van der Waals surface area contributed by atoms with Crippen LogP contribution in [0.5, 0.6) is 0 Å². The smallest absolute Gasteiger partial charge is 0.329 e. The maximum atomic E-state index is 11.9. The highest BCUT2D eigenvalue weighted by atomic mass is 16.4. The molecule has 102 valence electrons. The minimum Gasteiger partial charge on any atom is -0.480 e. The Hall–Kier alpha value is -1.26. The van der Waals surface area contributed by atoms with Crippen molar-refractivity contribution in [3.05, 3.63) is 0 Å². The van der Waals surface area contributed by atoms with Crippen molar-refractivity contribution in [2.45, 2.75) is 63.5 Å². The van der Waals surface area contributed by atoms with Gasteiger partial charge in [-0.15, -0.1) is 0 Å². The van der Waals surface area contributed by atoms with Crippen LogP contribution in [0.1, 0.15) is 51.9 Å². The number of carboxylic acid groups (broad SMARTS) is 1. The second kappa shape index (κ2) is 5.16. The van der Waals surface area contributed by atoms with Gasteiger partial charge in [0.05, 0.1) is 0 Å². The molecule has 0 saturated heterocycles.